The maximum absolute atomic E-state index is 13.5. The fourth-order valence-corrected chi connectivity index (χ4v) is 6.63. The Balaban J connectivity index is 1.40. The van der Waals surface area contributed by atoms with Gasteiger partial charge < -0.3 is 14.2 Å². The van der Waals surface area contributed by atoms with Crippen molar-refractivity contribution in [1.82, 2.24) is 4.90 Å². The highest BCUT2D eigenvalue weighted by molar-refractivity contribution is 5.35. The van der Waals surface area contributed by atoms with E-state index in [2.05, 4.69) is 11.8 Å². The summed E-state index contributed by atoms with van der Waals surface area (Å²) in [6.45, 7) is 6.54. The zero-order chi connectivity index (χ0) is 28.7. The summed E-state index contributed by atoms with van der Waals surface area (Å²) < 4.78 is 99.1. The van der Waals surface area contributed by atoms with Crippen molar-refractivity contribution in [3.8, 4) is 0 Å². The standard InChI is InChI=1S/C30H35F6NO3/c1-19(22-16-23(29(31,32)33)18-24(17-22)30(34,35)36)40-27-26(21-6-4-3-5-7-21)25(8-14-39-27)37-12-9-28(10-13-37)11-15-38-20(28)2/h3-7,16-20,25-27H,8-15H2,1-2H3/t19-,20?,25+,26+,27-/m1/s1. The summed E-state index contributed by atoms with van der Waals surface area (Å²) in [4.78, 5) is 2.45. The molecule has 0 amide bonds. The lowest BCUT2D eigenvalue weighted by molar-refractivity contribution is -0.213. The highest BCUT2D eigenvalue weighted by Crippen LogP contribution is 2.46. The molecule has 3 heterocycles. The van der Waals surface area contributed by atoms with E-state index in [9.17, 15) is 26.3 Å². The quantitative estimate of drug-likeness (QED) is 0.346. The molecule has 2 aromatic rings. The second-order valence-corrected chi connectivity index (χ2v) is 11.3. The van der Waals surface area contributed by atoms with Crippen molar-refractivity contribution in [2.24, 2.45) is 5.41 Å². The molecule has 3 fully saturated rings. The van der Waals surface area contributed by atoms with Gasteiger partial charge in [0, 0.05) is 18.1 Å². The second-order valence-electron chi connectivity index (χ2n) is 11.3. The van der Waals surface area contributed by atoms with E-state index in [1.807, 2.05) is 30.3 Å². The molecule has 0 bridgehead atoms. The van der Waals surface area contributed by atoms with Gasteiger partial charge in [0.1, 0.15) is 0 Å². The fraction of sp³-hybridized carbons (Fsp3) is 0.600. The van der Waals surface area contributed by atoms with Crippen LogP contribution in [0.3, 0.4) is 0 Å². The second kappa shape index (κ2) is 11.3. The van der Waals surface area contributed by atoms with Crippen LogP contribution in [0.5, 0.6) is 0 Å². The number of rotatable bonds is 5. The van der Waals surface area contributed by atoms with Crippen molar-refractivity contribution in [3.63, 3.8) is 0 Å². The third-order valence-electron chi connectivity index (χ3n) is 9.10. The van der Waals surface area contributed by atoms with E-state index in [0.717, 1.165) is 63.1 Å². The Morgan fingerprint density at radius 2 is 1.50 bits per heavy atom. The Hall–Kier alpha value is -2.14. The molecule has 1 spiro atoms. The monoisotopic (exact) mass is 571 g/mol. The van der Waals surface area contributed by atoms with Crippen LogP contribution in [0.1, 0.15) is 73.8 Å². The molecule has 5 atom stereocenters. The Morgan fingerprint density at radius 3 is 2.05 bits per heavy atom. The Labute approximate surface area is 230 Å². The topological polar surface area (TPSA) is 30.9 Å². The number of ether oxygens (including phenoxy) is 3. The molecule has 40 heavy (non-hydrogen) atoms. The van der Waals surface area contributed by atoms with Crippen LogP contribution in [-0.2, 0) is 26.6 Å². The molecule has 0 N–H and O–H groups in total. The molecular formula is C30H35F6NO3. The molecule has 0 saturated carbocycles. The number of piperidine rings is 1. The van der Waals surface area contributed by atoms with Crippen molar-refractivity contribution in [2.45, 2.75) is 82.3 Å². The molecule has 220 valence electrons. The zero-order valence-electron chi connectivity index (χ0n) is 22.6. The van der Waals surface area contributed by atoms with E-state index in [-0.39, 0.29) is 35.1 Å². The predicted octanol–water partition coefficient (Wildman–Crippen LogP) is 7.59. The first-order valence-electron chi connectivity index (χ1n) is 13.8. The summed E-state index contributed by atoms with van der Waals surface area (Å²) in [5, 5.41) is 0. The van der Waals surface area contributed by atoms with Crippen LogP contribution >= 0.6 is 0 Å². The lowest BCUT2D eigenvalue weighted by atomic mass is 9.72. The van der Waals surface area contributed by atoms with Crippen molar-refractivity contribution in [2.75, 3.05) is 26.3 Å². The molecule has 2 aromatic carbocycles. The van der Waals surface area contributed by atoms with Crippen molar-refractivity contribution in [1.29, 1.82) is 0 Å². The van der Waals surface area contributed by atoms with E-state index in [1.165, 1.54) is 6.92 Å². The number of halogens is 6. The first kappa shape index (κ1) is 29.4. The normalized spacial score (nSPS) is 28.6. The summed E-state index contributed by atoms with van der Waals surface area (Å²) in [6, 6.07) is 11.3. The smallest absolute Gasteiger partial charge is 0.378 e. The molecule has 10 heteroatoms. The number of hydrogen-bond acceptors (Lipinski definition) is 4. The summed E-state index contributed by atoms with van der Waals surface area (Å²) in [7, 11) is 0. The Kier molecular flexibility index (Phi) is 8.27. The van der Waals surface area contributed by atoms with Crippen LogP contribution in [0.4, 0.5) is 26.3 Å². The Morgan fingerprint density at radius 1 is 0.875 bits per heavy atom. The molecule has 0 radical (unpaired) electrons. The molecule has 0 aromatic heterocycles. The van der Waals surface area contributed by atoms with Gasteiger partial charge >= 0.3 is 12.4 Å². The van der Waals surface area contributed by atoms with Crippen LogP contribution in [0.25, 0.3) is 0 Å². The van der Waals surface area contributed by atoms with E-state index in [0.29, 0.717) is 6.61 Å². The summed E-state index contributed by atoms with van der Waals surface area (Å²) in [5.41, 5.74) is -1.77. The molecular weight excluding hydrogens is 536 g/mol. The Bertz CT molecular complexity index is 1110. The number of benzene rings is 2. The average molecular weight is 572 g/mol. The van der Waals surface area contributed by atoms with E-state index >= 15 is 0 Å². The first-order valence-corrected chi connectivity index (χ1v) is 13.8. The van der Waals surface area contributed by atoms with Gasteiger partial charge in [0.15, 0.2) is 6.29 Å². The van der Waals surface area contributed by atoms with Crippen LogP contribution < -0.4 is 0 Å². The largest absolute Gasteiger partial charge is 0.416 e. The molecule has 3 saturated heterocycles. The van der Waals surface area contributed by atoms with E-state index in [1.54, 1.807) is 0 Å². The van der Waals surface area contributed by atoms with Gasteiger partial charge in [0.05, 0.1) is 35.9 Å². The summed E-state index contributed by atoms with van der Waals surface area (Å²) in [6.07, 6.45) is -7.72. The van der Waals surface area contributed by atoms with Crippen molar-refractivity contribution in [3.05, 3.63) is 70.8 Å². The minimum atomic E-state index is -4.93. The SMILES string of the molecule is CC1OCCC12CCN([C@H]1CCO[C@H](O[C@H](C)c3cc(C(F)(F)F)cc(C(F)(F)F)c3)[C@H]1c1ccccc1)CC2. The number of likely N-dealkylation sites (tertiary alicyclic amines) is 1. The van der Waals surface area contributed by atoms with Crippen LogP contribution in [-0.4, -0.2) is 49.6 Å². The highest BCUT2D eigenvalue weighted by Gasteiger charge is 2.47. The lowest BCUT2D eigenvalue weighted by Gasteiger charge is -2.49. The predicted molar refractivity (Wildman–Crippen MR) is 137 cm³/mol. The summed E-state index contributed by atoms with van der Waals surface area (Å²) >= 11 is 0. The van der Waals surface area contributed by atoms with E-state index in [4.69, 9.17) is 14.2 Å². The van der Waals surface area contributed by atoms with Gasteiger partial charge in [-0.05, 0) is 81.9 Å². The van der Waals surface area contributed by atoms with Crippen molar-refractivity contribution >= 4 is 0 Å². The molecule has 5 rings (SSSR count). The van der Waals surface area contributed by atoms with Gasteiger partial charge in [-0.25, -0.2) is 0 Å². The van der Waals surface area contributed by atoms with Crippen LogP contribution in [0.15, 0.2) is 48.5 Å². The van der Waals surface area contributed by atoms with Gasteiger partial charge in [0.2, 0.25) is 0 Å². The van der Waals surface area contributed by atoms with Gasteiger partial charge in [-0.3, -0.25) is 4.90 Å². The molecule has 0 aliphatic carbocycles. The molecule has 4 nitrogen and oxygen atoms in total. The lowest BCUT2D eigenvalue weighted by Crippen LogP contribution is -2.53. The number of alkyl halides is 6. The molecule has 3 aliphatic heterocycles. The number of hydrogen-bond donors (Lipinski definition) is 0. The van der Waals surface area contributed by atoms with Crippen LogP contribution in [0.2, 0.25) is 0 Å². The first-order chi connectivity index (χ1) is 18.9. The third kappa shape index (κ3) is 6.05. The molecule has 1 unspecified atom stereocenters. The van der Waals surface area contributed by atoms with Crippen molar-refractivity contribution < 1.29 is 40.6 Å². The molecule has 3 aliphatic rings. The maximum atomic E-state index is 13.5. The minimum absolute atomic E-state index is 0.0515. The number of nitrogens with zero attached hydrogens (tertiary/aromatic N) is 1. The van der Waals surface area contributed by atoms with Gasteiger partial charge in [-0.2, -0.15) is 26.3 Å². The van der Waals surface area contributed by atoms with Gasteiger partial charge in [-0.15, -0.1) is 0 Å². The fourth-order valence-electron chi connectivity index (χ4n) is 6.63. The van der Waals surface area contributed by atoms with Gasteiger partial charge in [-0.1, -0.05) is 30.3 Å². The van der Waals surface area contributed by atoms with Crippen LogP contribution in [0, 0.1) is 5.41 Å². The summed E-state index contributed by atoms with van der Waals surface area (Å²) in [5.74, 6) is -0.267. The maximum Gasteiger partial charge on any atom is 0.416 e. The highest BCUT2D eigenvalue weighted by atomic mass is 19.4. The van der Waals surface area contributed by atoms with E-state index < -0.39 is 35.9 Å². The zero-order valence-corrected chi connectivity index (χ0v) is 22.6. The average Bonchev–Trinajstić information content (AvgIpc) is 3.27. The third-order valence-corrected chi connectivity index (χ3v) is 9.10. The minimum Gasteiger partial charge on any atom is -0.378 e. The van der Waals surface area contributed by atoms with Gasteiger partial charge in [0.25, 0.3) is 0 Å².